The molecule has 1 fully saturated rings. The second-order valence-electron chi connectivity index (χ2n) is 5.35. The summed E-state index contributed by atoms with van der Waals surface area (Å²) in [5.74, 6) is 1.06. The number of ether oxygens (including phenoxy) is 1. The number of esters is 1. The molecule has 0 bridgehead atoms. The van der Waals surface area contributed by atoms with Crippen LogP contribution in [-0.4, -0.2) is 40.7 Å². The number of likely N-dealkylation sites (tertiary alicyclic amines) is 1. The summed E-state index contributed by atoms with van der Waals surface area (Å²) in [7, 11) is 0. The summed E-state index contributed by atoms with van der Waals surface area (Å²) in [6.07, 6.45) is 1.87. The van der Waals surface area contributed by atoms with Crippen LogP contribution < -0.4 is 0 Å². The van der Waals surface area contributed by atoms with E-state index in [0.717, 1.165) is 24.9 Å². The van der Waals surface area contributed by atoms with Crippen LogP contribution in [0.2, 0.25) is 0 Å². The highest BCUT2D eigenvalue weighted by Gasteiger charge is 2.27. The number of nitrogens with zero attached hydrogens (tertiary/aromatic N) is 3. The Labute approximate surface area is 133 Å². The molecule has 3 rings (SSSR count). The van der Waals surface area contributed by atoms with Crippen molar-refractivity contribution in [1.29, 1.82) is 0 Å². The number of aromatic nitrogens is 2. The minimum absolute atomic E-state index is 0.0482. The zero-order chi connectivity index (χ0) is 15.4. The van der Waals surface area contributed by atoms with Gasteiger partial charge in [-0.15, -0.1) is 0 Å². The molecule has 6 nitrogen and oxygen atoms in total. The minimum Gasteiger partial charge on any atom is -0.466 e. The summed E-state index contributed by atoms with van der Waals surface area (Å²) in [5, 5.41) is 7.99. The first-order chi connectivity index (χ1) is 10.8. The Hall–Kier alpha value is -1.73. The summed E-state index contributed by atoms with van der Waals surface area (Å²) in [6.45, 7) is 4.47. The third-order valence-electron chi connectivity index (χ3n) is 3.73. The van der Waals surface area contributed by atoms with E-state index in [-0.39, 0.29) is 11.9 Å². The minimum atomic E-state index is -0.100. The molecule has 22 heavy (non-hydrogen) atoms. The van der Waals surface area contributed by atoms with Gasteiger partial charge in [-0.25, -0.2) is 0 Å². The van der Waals surface area contributed by atoms with E-state index < -0.39 is 0 Å². The molecule has 0 aliphatic carbocycles. The van der Waals surface area contributed by atoms with E-state index in [1.807, 2.05) is 23.8 Å². The standard InChI is InChI=1S/C15H19N3O3S/c1-2-20-15(19)11-4-3-6-18(8-11)9-13-16-14(17-21-13)12-5-7-22-10-12/h5,7,10-11H,2-4,6,8-9H2,1H3. The maximum absolute atomic E-state index is 11.9. The Kier molecular flexibility index (Phi) is 4.84. The molecule has 118 valence electrons. The van der Waals surface area contributed by atoms with Crippen molar-refractivity contribution < 1.29 is 14.1 Å². The first-order valence-electron chi connectivity index (χ1n) is 7.50. The van der Waals surface area contributed by atoms with Gasteiger partial charge in [0.2, 0.25) is 11.7 Å². The first-order valence-corrected chi connectivity index (χ1v) is 8.44. The lowest BCUT2D eigenvalue weighted by Gasteiger charge is -2.30. The van der Waals surface area contributed by atoms with E-state index in [9.17, 15) is 4.79 Å². The molecule has 2 aromatic rings. The second kappa shape index (κ2) is 7.02. The zero-order valence-electron chi connectivity index (χ0n) is 12.5. The van der Waals surface area contributed by atoms with Crippen LogP contribution >= 0.6 is 11.3 Å². The average molecular weight is 321 g/mol. The molecule has 1 unspecified atom stereocenters. The van der Waals surface area contributed by atoms with Gasteiger partial charge >= 0.3 is 5.97 Å². The number of hydrogen-bond acceptors (Lipinski definition) is 7. The molecule has 0 saturated carbocycles. The fraction of sp³-hybridized carbons (Fsp3) is 0.533. The van der Waals surface area contributed by atoms with Crippen molar-refractivity contribution in [2.75, 3.05) is 19.7 Å². The van der Waals surface area contributed by atoms with Gasteiger partial charge in [0.15, 0.2) is 0 Å². The summed E-state index contributed by atoms with van der Waals surface area (Å²) in [5.41, 5.74) is 0.975. The first kappa shape index (κ1) is 15.2. The van der Waals surface area contributed by atoms with Crippen LogP contribution in [0, 0.1) is 5.92 Å². The second-order valence-corrected chi connectivity index (χ2v) is 6.13. The topological polar surface area (TPSA) is 68.5 Å². The van der Waals surface area contributed by atoms with E-state index in [0.29, 0.717) is 31.4 Å². The monoisotopic (exact) mass is 321 g/mol. The van der Waals surface area contributed by atoms with Crippen LogP contribution in [-0.2, 0) is 16.1 Å². The van der Waals surface area contributed by atoms with Crippen molar-refractivity contribution >= 4 is 17.3 Å². The molecule has 0 aromatic carbocycles. The van der Waals surface area contributed by atoms with Gasteiger partial charge in [0.1, 0.15) is 0 Å². The summed E-state index contributed by atoms with van der Waals surface area (Å²) in [4.78, 5) is 18.5. The third-order valence-corrected chi connectivity index (χ3v) is 4.42. The molecule has 0 spiro atoms. The van der Waals surface area contributed by atoms with Gasteiger partial charge in [-0.1, -0.05) is 5.16 Å². The Bertz CT molecular complexity index is 611. The summed E-state index contributed by atoms with van der Waals surface area (Å²) >= 11 is 1.60. The van der Waals surface area contributed by atoms with E-state index in [2.05, 4.69) is 15.0 Å². The quantitative estimate of drug-likeness (QED) is 0.788. The Morgan fingerprint density at radius 2 is 2.50 bits per heavy atom. The van der Waals surface area contributed by atoms with Crippen molar-refractivity contribution in [3.05, 3.63) is 22.7 Å². The lowest BCUT2D eigenvalue weighted by atomic mass is 9.98. The van der Waals surface area contributed by atoms with E-state index in [1.54, 1.807) is 11.3 Å². The predicted octanol–water partition coefficient (Wildman–Crippen LogP) is 2.57. The van der Waals surface area contributed by atoms with Crippen LogP contribution in [0.5, 0.6) is 0 Å². The number of hydrogen-bond donors (Lipinski definition) is 0. The molecule has 1 saturated heterocycles. The molecule has 0 radical (unpaired) electrons. The Morgan fingerprint density at radius 3 is 3.27 bits per heavy atom. The molecule has 7 heteroatoms. The molecule has 0 N–H and O–H groups in total. The predicted molar refractivity (Wildman–Crippen MR) is 82.2 cm³/mol. The molecule has 3 heterocycles. The number of carbonyl (C=O) groups is 1. The zero-order valence-corrected chi connectivity index (χ0v) is 13.3. The maximum atomic E-state index is 11.9. The fourth-order valence-corrected chi connectivity index (χ4v) is 3.31. The van der Waals surface area contributed by atoms with Crippen LogP contribution in [0.4, 0.5) is 0 Å². The van der Waals surface area contributed by atoms with E-state index >= 15 is 0 Å². The van der Waals surface area contributed by atoms with E-state index in [4.69, 9.17) is 9.26 Å². The van der Waals surface area contributed by atoms with E-state index in [1.165, 1.54) is 0 Å². The largest absolute Gasteiger partial charge is 0.466 e. The van der Waals surface area contributed by atoms with Gasteiger partial charge in [0.05, 0.1) is 19.1 Å². The van der Waals surface area contributed by atoms with Crippen molar-refractivity contribution in [2.24, 2.45) is 5.92 Å². The smallest absolute Gasteiger partial charge is 0.310 e. The molecular formula is C15H19N3O3S. The van der Waals surface area contributed by atoms with Gasteiger partial charge in [0, 0.05) is 17.5 Å². The lowest BCUT2D eigenvalue weighted by Crippen LogP contribution is -2.39. The molecular weight excluding hydrogens is 302 g/mol. The van der Waals surface area contributed by atoms with Crippen LogP contribution in [0.25, 0.3) is 11.4 Å². The Morgan fingerprint density at radius 1 is 1.59 bits per heavy atom. The highest BCUT2D eigenvalue weighted by Crippen LogP contribution is 2.22. The van der Waals surface area contributed by atoms with Gasteiger partial charge in [-0.2, -0.15) is 16.3 Å². The normalized spacial score (nSPS) is 19.2. The highest BCUT2D eigenvalue weighted by atomic mass is 32.1. The van der Waals surface area contributed by atoms with Gasteiger partial charge in [-0.3, -0.25) is 9.69 Å². The molecule has 2 aromatic heterocycles. The summed E-state index contributed by atoms with van der Waals surface area (Å²) in [6, 6.07) is 1.97. The third kappa shape index (κ3) is 3.53. The van der Waals surface area contributed by atoms with Gasteiger partial charge < -0.3 is 9.26 Å². The fourth-order valence-electron chi connectivity index (χ4n) is 2.67. The summed E-state index contributed by atoms with van der Waals surface area (Å²) < 4.78 is 10.4. The number of thiophene rings is 1. The van der Waals surface area contributed by atoms with Crippen molar-refractivity contribution in [3.8, 4) is 11.4 Å². The molecule has 0 amide bonds. The number of rotatable bonds is 5. The van der Waals surface area contributed by atoms with Crippen molar-refractivity contribution in [3.63, 3.8) is 0 Å². The molecule has 1 atom stereocenters. The SMILES string of the molecule is CCOC(=O)C1CCCN(Cc2nc(-c3ccsc3)no2)C1. The lowest BCUT2D eigenvalue weighted by molar-refractivity contribution is -0.150. The molecule has 1 aliphatic heterocycles. The highest BCUT2D eigenvalue weighted by molar-refractivity contribution is 7.08. The average Bonchev–Trinajstić information content (AvgIpc) is 3.18. The van der Waals surface area contributed by atoms with Crippen molar-refractivity contribution in [2.45, 2.75) is 26.3 Å². The van der Waals surface area contributed by atoms with Crippen LogP contribution in [0.3, 0.4) is 0 Å². The number of piperidine rings is 1. The van der Waals surface area contributed by atoms with Crippen molar-refractivity contribution in [1.82, 2.24) is 15.0 Å². The maximum Gasteiger partial charge on any atom is 0.310 e. The van der Waals surface area contributed by atoms with Crippen LogP contribution in [0.1, 0.15) is 25.7 Å². The van der Waals surface area contributed by atoms with Gasteiger partial charge in [0.25, 0.3) is 0 Å². The number of carbonyl (C=O) groups excluding carboxylic acids is 1. The molecule has 1 aliphatic rings. The Balaban J connectivity index is 1.60. The van der Waals surface area contributed by atoms with Gasteiger partial charge in [-0.05, 0) is 37.8 Å². The van der Waals surface area contributed by atoms with Crippen LogP contribution in [0.15, 0.2) is 21.3 Å².